The van der Waals surface area contributed by atoms with Gasteiger partial charge in [-0.05, 0) is 94.8 Å². The van der Waals surface area contributed by atoms with Crippen LogP contribution in [0.4, 0.5) is 0 Å². The molecule has 262 valence electrons. The lowest BCUT2D eigenvalue weighted by atomic mass is 9.79. The molecule has 0 saturated carbocycles. The van der Waals surface area contributed by atoms with Crippen molar-refractivity contribution in [2.24, 2.45) is 9.98 Å². The van der Waals surface area contributed by atoms with Gasteiger partial charge >= 0.3 is 0 Å². The van der Waals surface area contributed by atoms with Crippen LogP contribution in [0.25, 0.3) is 33.0 Å². The minimum absolute atomic E-state index is 0.119. The number of nitrogens with zero attached hydrogens (tertiary/aromatic N) is 8. The van der Waals surface area contributed by atoms with Crippen molar-refractivity contribution in [3.05, 3.63) is 113 Å². The number of fused-ring (bicyclic) bond motifs is 5. The summed E-state index contributed by atoms with van der Waals surface area (Å²) < 4.78 is 0. The number of carbonyl (C=O) groups excluding carboxylic acids is 2. The Labute approximate surface area is 317 Å². The largest absolute Gasteiger partial charge is 0.309 e. The van der Waals surface area contributed by atoms with E-state index in [0.29, 0.717) is 23.1 Å². The van der Waals surface area contributed by atoms with Crippen LogP contribution in [0.15, 0.2) is 67.1 Å². The molecule has 2 heterocycles. The summed E-state index contributed by atoms with van der Waals surface area (Å²) in [7, 11) is 0. The summed E-state index contributed by atoms with van der Waals surface area (Å²) in [4.78, 5) is 46.0. The Morgan fingerprint density at radius 1 is 0.679 bits per heavy atom. The number of amides is 2. The number of nitriles is 2. The maximum atomic E-state index is 13.4. The summed E-state index contributed by atoms with van der Waals surface area (Å²) in [6, 6.07) is 12.8. The molecule has 7 rings (SSSR count). The van der Waals surface area contributed by atoms with Crippen LogP contribution in [0, 0.1) is 35.8 Å². The van der Waals surface area contributed by atoms with E-state index in [1.54, 1.807) is 0 Å². The van der Waals surface area contributed by atoms with Gasteiger partial charge in [-0.15, -0.1) is 0 Å². The predicted octanol–water partition coefficient (Wildman–Crippen LogP) is 8.47. The van der Waals surface area contributed by atoms with Crippen molar-refractivity contribution in [2.45, 2.75) is 71.6 Å². The molecular formula is C41H34N8O2S2. The molecule has 2 amide bonds. The van der Waals surface area contributed by atoms with Gasteiger partial charge in [-0.1, -0.05) is 65.1 Å². The predicted molar refractivity (Wildman–Crippen MR) is 209 cm³/mol. The zero-order valence-electron chi connectivity index (χ0n) is 30.6. The first-order valence-electron chi connectivity index (χ1n) is 17.1. The highest BCUT2D eigenvalue weighted by molar-refractivity contribution is 8.20. The first-order chi connectivity index (χ1) is 25.1. The number of hydrogen-bond acceptors (Lipinski definition) is 8. The van der Waals surface area contributed by atoms with E-state index < -0.39 is 10.8 Å². The topological polar surface area (TPSA) is 122 Å². The highest BCUT2D eigenvalue weighted by Crippen LogP contribution is 2.56. The van der Waals surface area contributed by atoms with E-state index in [-0.39, 0.29) is 38.7 Å². The van der Waals surface area contributed by atoms with Gasteiger partial charge in [-0.25, -0.2) is 30.2 Å². The average molecular weight is 735 g/mol. The van der Waals surface area contributed by atoms with Crippen LogP contribution in [-0.2, 0) is 25.8 Å². The third kappa shape index (κ3) is 5.05. The zero-order valence-corrected chi connectivity index (χ0v) is 32.2. The molecule has 12 heteroatoms. The first kappa shape index (κ1) is 35.7. The van der Waals surface area contributed by atoms with Crippen molar-refractivity contribution in [3.63, 3.8) is 0 Å². The lowest BCUT2D eigenvalue weighted by molar-refractivity contribution is -0.121. The van der Waals surface area contributed by atoms with E-state index in [0.717, 1.165) is 68.3 Å². The van der Waals surface area contributed by atoms with Crippen LogP contribution in [0.2, 0.25) is 0 Å². The van der Waals surface area contributed by atoms with Crippen LogP contribution < -0.4 is 0 Å². The van der Waals surface area contributed by atoms with Gasteiger partial charge in [0.15, 0.2) is 10.1 Å². The number of aliphatic imine (C=N–C) groups is 2. The van der Waals surface area contributed by atoms with Gasteiger partial charge in [0.1, 0.15) is 10.1 Å². The molecule has 2 aromatic carbocycles. The molecule has 2 aromatic rings. The van der Waals surface area contributed by atoms with Crippen LogP contribution in [-0.4, -0.2) is 44.8 Å². The fourth-order valence-corrected chi connectivity index (χ4v) is 9.85. The molecule has 3 aliphatic carbocycles. The van der Waals surface area contributed by atoms with Gasteiger partial charge in [0.05, 0.1) is 36.7 Å². The molecule has 0 radical (unpaired) electrons. The molecule has 10 nitrogen and oxygen atoms in total. The molecule has 0 N–H and O–H groups in total. The second-order valence-electron chi connectivity index (χ2n) is 14.8. The van der Waals surface area contributed by atoms with Crippen molar-refractivity contribution in [1.29, 1.82) is 10.5 Å². The molecule has 0 aromatic heterocycles. The zero-order chi connectivity index (χ0) is 38.4. The lowest BCUT2D eigenvalue weighted by Crippen LogP contribution is -2.27. The van der Waals surface area contributed by atoms with Gasteiger partial charge in [-0.3, -0.25) is 9.59 Å². The normalized spacial score (nSPS) is 23.1. The Morgan fingerprint density at radius 3 is 1.38 bits per heavy atom. The van der Waals surface area contributed by atoms with Crippen molar-refractivity contribution >= 4 is 57.6 Å². The van der Waals surface area contributed by atoms with Crippen molar-refractivity contribution in [1.82, 2.24) is 9.80 Å². The number of hydrogen-bond donors (Lipinski definition) is 0. The molecule has 0 atom stereocenters. The quantitative estimate of drug-likeness (QED) is 0.230. The number of allylic oxidation sites excluding steroid dienone is 4. The monoisotopic (exact) mass is 734 g/mol. The molecule has 0 spiro atoms. The molecule has 2 saturated heterocycles. The highest BCUT2D eigenvalue weighted by Gasteiger charge is 2.45. The summed E-state index contributed by atoms with van der Waals surface area (Å²) in [6.45, 7) is 32.0. The number of carbonyl (C=O) groups is 2. The standard InChI is InChI=1S/C41H34N8O2S2/c1-11-48-35(50)33(52-37(48)29(19-42)44-9)46-31-15-21-13-27-23(17-25(21)40(31,5)6)24-18-26-22(14-28(24)39(27,3)4)16-32(41(26,7)8)47-34-36(51)49(12-2)38(53-34)30(20-43)45-10/h13-18H,11-12H2,1-8H3/b37-29-,38-30+,46-33?,47-34?. The van der Waals surface area contributed by atoms with Gasteiger partial charge in [0, 0.05) is 29.3 Å². The van der Waals surface area contributed by atoms with Crippen LogP contribution in [0.3, 0.4) is 0 Å². The summed E-state index contributed by atoms with van der Waals surface area (Å²) in [5.41, 5.74) is 8.81. The second-order valence-corrected chi connectivity index (χ2v) is 16.8. The van der Waals surface area contributed by atoms with E-state index in [4.69, 9.17) is 23.1 Å². The maximum absolute atomic E-state index is 13.4. The third-order valence-electron chi connectivity index (χ3n) is 10.9. The van der Waals surface area contributed by atoms with Crippen LogP contribution in [0.5, 0.6) is 0 Å². The SMILES string of the molecule is [C-]#[N+]/C(C#N)=C1\SC(=NC2=Cc3cc4c(cc3C2(C)C)-c2cc3c(cc2C4(C)C)C=C(N=C2S/C(=C(\C#N)[N+]#[C-])N(CC)C2=O)C3(C)C)C(=O)N1CC. The smallest absolute Gasteiger partial charge is 0.291 e. The Morgan fingerprint density at radius 2 is 1.06 bits per heavy atom. The molecule has 0 unspecified atom stereocenters. The van der Waals surface area contributed by atoms with E-state index in [1.165, 1.54) is 20.9 Å². The minimum atomic E-state index is -0.531. The fourth-order valence-electron chi connectivity index (χ4n) is 7.78. The Hall–Kier alpha value is -5.66. The molecule has 53 heavy (non-hydrogen) atoms. The van der Waals surface area contributed by atoms with Crippen LogP contribution >= 0.6 is 23.5 Å². The molecule has 0 bridgehead atoms. The number of benzene rings is 2. The van der Waals surface area contributed by atoms with Gasteiger partial charge in [0.25, 0.3) is 23.2 Å². The van der Waals surface area contributed by atoms with E-state index in [2.05, 4.69) is 75.5 Å². The molecule has 2 fully saturated rings. The molecule has 5 aliphatic rings. The van der Waals surface area contributed by atoms with Crippen molar-refractivity contribution in [3.8, 4) is 23.3 Å². The van der Waals surface area contributed by atoms with E-state index in [1.807, 2.05) is 38.1 Å². The minimum Gasteiger partial charge on any atom is -0.309 e. The average Bonchev–Trinajstić information content (AvgIpc) is 3.82. The highest BCUT2D eigenvalue weighted by atomic mass is 32.2. The van der Waals surface area contributed by atoms with E-state index in [9.17, 15) is 20.1 Å². The van der Waals surface area contributed by atoms with Crippen molar-refractivity contribution < 1.29 is 9.59 Å². The van der Waals surface area contributed by atoms with Gasteiger partial charge in [-0.2, -0.15) is 0 Å². The number of rotatable bonds is 4. The number of thioether (sulfide) groups is 2. The maximum Gasteiger partial charge on any atom is 0.291 e. The molecule has 2 aliphatic heterocycles. The van der Waals surface area contributed by atoms with Crippen LogP contribution in [0.1, 0.15) is 88.8 Å². The van der Waals surface area contributed by atoms with Crippen molar-refractivity contribution in [2.75, 3.05) is 13.1 Å². The Balaban J connectivity index is 1.26. The third-order valence-corrected chi connectivity index (χ3v) is 13.0. The van der Waals surface area contributed by atoms with Gasteiger partial charge < -0.3 is 9.80 Å². The Bertz CT molecular complexity index is 2300. The fraction of sp³-hybridized carbons (Fsp3) is 0.317. The van der Waals surface area contributed by atoms with E-state index >= 15 is 0 Å². The second kappa shape index (κ2) is 12.2. The Kier molecular flexibility index (Phi) is 8.23. The summed E-state index contributed by atoms with van der Waals surface area (Å²) in [6.07, 6.45) is 4.09. The molecular weight excluding hydrogens is 701 g/mol. The lowest BCUT2D eigenvalue weighted by Gasteiger charge is -2.25. The summed E-state index contributed by atoms with van der Waals surface area (Å²) in [5, 5.41) is 20.2. The summed E-state index contributed by atoms with van der Waals surface area (Å²) in [5.74, 6) is -0.621. The summed E-state index contributed by atoms with van der Waals surface area (Å²) >= 11 is 2.16. The first-order valence-corrected chi connectivity index (χ1v) is 18.7. The van der Waals surface area contributed by atoms with Gasteiger partial charge in [0.2, 0.25) is 0 Å².